The Bertz CT molecular complexity index is 1150. The van der Waals surface area contributed by atoms with E-state index in [-0.39, 0.29) is 40.1 Å². The van der Waals surface area contributed by atoms with Gasteiger partial charge in [-0.15, -0.1) is 5.11 Å². The molecule has 141 valence electrons. The Balaban J connectivity index is 0.00000280. The van der Waals surface area contributed by atoms with E-state index in [9.17, 15) is 13.2 Å². The van der Waals surface area contributed by atoms with Crippen molar-refractivity contribution >= 4 is 51.1 Å². The standard InChI is InChI=1S/C17H16N4O5S.Na/c1-11-16(19-18-12-3-7-14(26-2)8-4-12)17(22)21(20-11)13-5-9-15(10-6-13)27(23,24)25;/h3-10,20H,1-2H3,(H,23,24,25);. The van der Waals surface area contributed by atoms with Crippen LogP contribution >= 0.6 is 0 Å². The van der Waals surface area contributed by atoms with Gasteiger partial charge in [-0.1, -0.05) is 0 Å². The number of hydrogen-bond acceptors (Lipinski definition) is 6. The Morgan fingerprint density at radius 1 is 1.04 bits per heavy atom. The van der Waals surface area contributed by atoms with E-state index in [0.717, 1.165) is 0 Å². The first kappa shape index (κ1) is 22.1. The molecule has 0 spiro atoms. The number of aryl methyl sites for hydroxylation is 1. The number of hydrogen-bond donors (Lipinski definition) is 2. The van der Waals surface area contributed by atoms with Crippen molar-refractivity contribution in [3.05, 3.63) is 64.6 Å². The van der Waals surface area contributed by atoms with Crippen LogP contribution < -0.4 is 10.3 Å². The molecule has 0 amide bonds. The van der Waals surface area contributed by atoms with Crippen molar-refractivity contribution in [3.63, 3.8) is 0 Å². The second-order valence-corrected chi connectivity index (χ2v) is 7.01. The minimum absolute atomic E-state index is 0. The van der Waals surface area contributed by atoms with Crippen molar-refractivity contribution < 1.29 is 17.7 Å². The van der Waals surface area contributed by atoms with E-state index < -0.39 is 15.7 Å². The summed E-state index contributed by atoms with van der Waals surface area (Å²) in [6.45, 7) is 1.67. The van der Waals surface area contributed by atoms with E-state index in [2.05, 4.69) is 15.3 Å². The maximum absolute atomic E-state index is 12.6. The number of benzene rings is 2. The van der Waals surface area contributed by atoms with Gasteiger partial charge in [0.1, 0.15) is 5.75 Å². The summed E-state index contributed by atoms with van der Waals surface area (Å²) in [5.41, 5.74) is 1.13. The summed E-state index contributed by atoms with van der Waals surface area (Å²) >= 11 is 0. The summed E-state index contributed by atoms with van der Waals surface area (Å²) in [4.78, 5) is 12.3. The predicted octanol–water partition coefficient (Wildman–Crippen LogP) is 2.76. The van der Waals surface area contributed by atoms with E-state index >= 15 is 0 Å². The van der Waals surface area contributed by atoms with Gasteiger partial charge in [0.15, 0.2) is 5.69 Å². The normalized spacial score (nSPS) is 11.4. The molecule has 0 atom stereocenters. The number of methoxy groups -OCH3 is 1. The quantitative estimate of drug-likeness (QED) is 0.379. The zero-order valence-corrected chi connectivity index (χ0v) is 18.3. The van der Waals surface area contributed by atoms with Gasteiger partial charge in [-0.05, 0) is 55.5 Å². The fourth-order valence-electron chi connectivity index (χ4n) is 2.36. The van der Waals surface area contributed by atoms with Crippen LogP contribution in [0.25, 0.3) is 5.69 Å². The molecule has 0 saturated heterocycles. The number of H-pyrrole nitrogens is 1. The molecule has 0 bridgehead atoms. The number of nitrogens with one attached hydrogen (secondary N) is 1. The van der Waals surface area contributed by atoms with E-state index in [1.807, 2.05) is 0 Å². The minimum Gasteiger partial charge on any atom is -0.497 e. The van der Waals surface area contributed by atoms with Crippen LogP contribution in [0.3, 0.4) is 0 Å². The smallest absolute Gasteiger partial charge is 0.299 e. The van der Waals surface area contributed by atoms with Gasteiger partial charge in [0.2, 0.25) is 0 Å². The molecule has 1 heterocycles. The monoisotopic (exact) mass is 411 g/mol. The Morgan fingerprint density at radius 2 is 1.64 bits per heavy atom. The molecule has 3 rings (SSSR count). The van der Waals surface area contributed by atoms with Crippen LogP contribution in [0.5, 0.6) is 5.75 Å². The van der Waals surface area contributed by atoms with Crippen molar-refractivity contribution in [2.75, 3.05) is 7.11 Å². The molecule has 0 aliphatic carbocycles. The maximum Gasteiger partial charge on any atom is 0.299 e. The van der Waals surface area contributed by atoms with Crippen LogP contribution in [0, 0.1) is 6.92 Å². The first-order valence-corrected chi connectivity index (χ1v) is 9.19. The molecule has 2 aromatic carbocycles. The Morgan fingerprint density at radius 3 is 2.18 bits per heavy atom. The van der Waals surface area contributed by atoms with Gasteiger partial charge in [-0.3, -0.25) is 14.4 Å². The molecule has 0 saturated carbocycles. The molecule has 11 heteroatoms. The van der Waals surface area contributed by atoms with Gasteiger partial charge in [0.25, 0.3) is 15.7 Å². The zero-order valence-electron chi connectivity index (χ0n) is 15.4. The molecule has 28 heavy (non-hydrogen) atoms. The molecule has 3 aromatic rings. The largest absolute Gasteiger partial charge is 0.497 e. The predicted molar refractivity (Wildman–Crippen MR) is 104 cm³/mol. The van der Waals surface area contributed by atoms with Gasteiger partial charge in [0, 0.05) is 29.6 Å². The summed E-state index contributed by atoms with van der Waals surface area (Å²) in [5.74, 6) is 0.683. The van der Waals surface area contributed by atoms with Crippen molar-refractivity contribution in [2.45, 2.75) is 11.8 Å². The van der Waals surface area contributed by atoms with Gasteiger partial charge in [-0.2, -0.15) is 13.5 Å². The molecular formula is C17H16N4NaO5S. The van der Waals surface area contributed by atoms with E-state index in [1.54, 1.807) is 38.3 Å². The average molecular weight is 411 g/mol. The maximum atomic E-state index is 12.6. The first-order chi connectivity index (χ1) is 12.8. The van der Waals surface area contributed by atoms with Crippen LogP contribution in [-0.2, 0) is 10.1 Å². The van der Waals surface area contributed by atoms with Crippen LogP contribution in [-0.4, -0.2) is 59.4 Å². The van der Waals surface area contributed by atoms with Crippen LogP contribution in [0.15, 0.2) is 68.4 Å². The minimum atomic E-state index is -4.30. The molecule has 9 nitrogen and oxygen atoms in total. The average Bonchev–Trinajstić information content (AvgIpc) is 2.94. The number of aromatic nitrogens is 2. The summed E-state index contributed by atoms with van der Waals surface area (Å²) in [5, 5.41) is 10.9. The molecule has 0 aliphatic rings. The molecule has 1 aromatic heterocycles. The number of rotatable bonds is 5. The number of ether oxygens (including phenoxy) is 1. The second kappa shape index (κ2) is 8.84. The SMILES string of the molecule is COc1ccc(N=Nc2c(C)[nH]n(-c3ccc(S(=O)(=O)O)cc3)c2=O)cc1.[Na]. The summed E-state index contributed by atoms with van der Waals surface area (Å²) in [7, 11) is -2.74. The molecule has 0 unspecified atom stereocenters. The third kappa shape index (κ3) is 4.78. The topological polar surface area (TPSA) is 126 Å². The molecule has 0 fully saturated rings. The van der Waals surface area contributed by atoms with Crippen molar-refractivity contribution in [2.24, 2.45) is 10.2 Å². The van der Waals surface area contributed by atoms with E-state index in [0.29, 0.717) is 22.8 Å². The van der Waals surface area contributed by atoms with Crippen LogP contribution in [0.1, 0.15) is 5.69 Å². The third-order valence-electron chi connectivity index (χ3n) is 3.77. The Kier molecular flexibility index (Phi) is 6.96. The molecule has 2 N–H and O–H groups in total. The van der Waals surface area contributed by atoms with Crippen LogP contribution in [0.2, 0.25) is 0 Å². The van der Waals surface area contributed by atoms with E-state index in [1.165, 1.54) is 28.9 Å². The number of nitrogens with zero attached hydrogens (tertiary/aromatic N) is 3. The Hall–Kier alpha value is -2.24. The zero-order chi connectivity index (χ0) is 19.6. The van der Waals surface area contributed by atoms with E-state index in [4.69, 9.17) is 9.29 Å². The third-order valence-corrected chi connectivity index (χ3v) is 4.64. The van der Waals surface area contributed by atoms with Gasteiger partial charge in [-0.25, -0.2) is 4.68 Å². The van der Waals surface area contributed by atoms with Gasteiger partial charge in [0.05, 0.1) is 29.1 Å². The van der Waals surface area contributed by atoms with Crippen molar-refractivity contribution in [1.82, 2.24) is 9.78 Å². The van der Waals surface area contributed by atoms with Gasteiger partial charge < -0.3 is 4.74 Å². The fraction of sp³-hybridized carbons (Fsp3) is 0.118. The molecular weight excluding hydrogens is 395 g/mol. The van der Waals surface area contributed by atoms with Crippen molar-refractivity contribution in [3.8, 4) is 11.4 Å². The number of azo groups is 1. The summed E-state index contributed by atoms with van der Waals surface area (Å²) < 4.78 is 37.5. The molecule has 1 radical (unpaired) electrons. The Labute approximate surface area is 183 Å². The summed E-state index contributed by atoms with van der Waals surface area (Å²) in [6, 6.07) is 12.1. The molecule has 0 aliphatic heterocycles. The van der Waals surface area contributed by atoms with Crippen molar-refractivity contribution in [1.29, 1.82) is 0 Å². The van der Waals surface area contributed by atoms with Gasteiger partial charge >= 0.3 is 0 Å². The second-order valence-electron chi connectivity index (χ2n) is 5.59. The first-order valence-electron chi connectivity index (χ1n) is 7.75. The van der Waals surface area contributed by atoms with Crippen LogP contribution in [0.4, 0.5) is 11.4 Å². The summed E-state index contributed by atoms with van der Waals surface area (Å²) in [6.07, 6.45) is 0. The fourth-order valence-corrected chi connectivity index (χ4v) is 2.84. The number of aromatic amines is 1.